The first-order chi connectivity index (χ1) is 8.85. The summed E-state index contributed by atoms with van der Waals surface area (Å²) in [6.45, 7) is 3.50. The van der Waals surface area contributed by atoms with Crippen molar-refractivity contribution in [2.75, 3.05) is 25.6 Å². The van der Waals surface area contributed by atoms with Gasteiger partial charge in [-0.3, -0.25) is 4.98 Å². The van der Waals surface area contributed by atoms with E-state index in [1.54, 1.807) is 13.3 Å². The fraction of sp³-hybridized carbons (Fsp3) is 0.417. The minimum Gasteiger partial charge on any atom is -0.383 e. The van der Waals surface area contributed by atoms with Gasteiger partial charge >= 0.3 is 0 Å². The molecule has 0 radical (unpaired) electrons. The highest BCUT2D eigenvalue weighted by molar-refractivity contribution is 7.09. The van der Waals surface area contributed by atoms with Crippen molar-refractivity contribution in [1.29, 1.82) is 0 Å². The second-order valence-corrected chi connectivity index (χ2v) is 4.48. The number of nitrogens with zero attached hydrogens (tertiary/aromatic N) is 3. The molecule has 1 N–H and O–H groups in total. The number of aromatic nitrogens is 3. The lowest BCUT2D eigenvalue weighted by atomic mass is 10.1. The number of rotatable bonds is 6. The Morgan fingerprint density at radius 2 is 2.33 bits per heavy atom. The van der Waals surface area contributed by atoms with Crippen molar-refractivity contribution in [2.24, 2.45) is 0 Å². The van der Waals surface area contributed by atoms with Crippen LogP contribution in [-0.4, -0.2) is 34.6 Å². The molecule has 0 aliphatic rings. The molecule has 0 saturated heterocycles. The van der Waals surface area contributed by atoms with Gasteiger partial charge in [0.25, 0.3) is 0 Å². The summed E-state index contributed by atoms with van der Waals surface area (Å²) in [5, 5.41) is 4.00. The zero-order valence-corrected chi connectivity index (χ0v) is 11.3. The molecule has 0 aliphatic carbocycles. The lowest BCUT2D eigenvalue weighted by Gasteiger charge is -2.02. The van der Waals surface area contributed by atoms with Crippen LogP contribution in [0.5, 0.6) is 0 Å². The van der Waals surface area contributed by atoms with Gasteiger partial charge in [-0.1, -0.05) is 6.92 Å². The number of nitrogens with one attached hydrogen (secondary N) is 1. The molecule has 0 unspecified atom stereocenters. The molecule has 5 nitrogen and oxygen atoms in total. The first-order valence-corrected chi connectivity index (χ1v) is 6.62. The quantitative estimate of drug-likeness (QED) is 0.811. The van der Waals surface area contributed by atoms with Crippen LogP contribution in [0.2, 0.25) is 0 Å². The topological polar surface area (TPSA) is 59.9 Å². The first-order valence-electron chi connectivity index (χ1n) is 5.85. The molecular weight excluding hydrogens is 248 g/mol. The third kappa shape index (κ3) is 3.02. The van der Waals surface area contributed by atoms with E-state index < -0.39 is 0 Å². The number of aryl methyl sites for hydroxylation is 1. The van der Waals surface area contributed by atoms with Gasteiger partial charge in [0.2, 0.25) is 5.13 Å². The molecule has 0 saturated carbocycles. The third-order valence-electron chi connectivity index (χ3n) is 2.53. The molecule has 2 rings (SSSR count). The summed E-state index contributed by atoms with van der Waals surface area (Å²) in [5.41, 5.74) is 2.22. The van der Waals surface area contributed by atoms with E-state index >= 15 is 0 Å². The lowest BCUT2D eigenvalue weighted by molar-refractivity contribution is 0.211. The van der Waals surface area contributed by atoms with E-state index in [9.17, 15) is 0 Å². The highest BCUT2D eigenvalue weighted by Crippen LogP contribution is 2.23. The molecule has 2 aromatic rings. The number of ether oxygens (including phenoxy) is 1. The largest absolute Gasteiger partial charge is 0.383 e. The Morgan fingerprint density at radius 3 is 3.11 bits per heavy atom. The van der Waals surface area contributed by atoms with Crippen LogP contribution in [0.25, 0.3) is 11.4 Å². The van der Waals surface area contributed by atoms with Crippen LogP contribution in [0, 0.1) is 0 Å². The fourth-order valence-electron chi connectivity index (χ4n) is 1.59. The van der Waals surface area contributed by atoms with E-state index in [0.29, 0.717) is 6.61 Å². The lowest BCUT2D eigenvalue weighted by Crippen LogP contribution is -2.07. The molecule has 0 atom stereocenters. The van der Waals surface area contributed by atoms with Crippen LogP contribution >= 0.6 is 11.5 Å². The first kappa shape index (κ1) is 12.9. The predicted molar refractivity (Wildman–Crippen MR) is 72.9 cm³/mol. The van der Waals surface area contributed by atoms with Crippen molar-refractivity contribution in [3.63, 3.8) is 0 Å². The molecule has 0 bridgehead atoms. The summed E-state index contributed by atoms with van der Waals surface area (Å²) in [6.07, 6.45) is 4.57. The van der Waals surface area contributed by atoms with Crippen molar-refractivity contribution >= 4 is 16.7 Å². The Kier molecular flexibility index (Phi) is 4.60. The van der Waals surface area contributed by atoms with E-state index in [1.165, 1.54) is 17.1 Å². The van der Waals surface area contributed by atoms with Crippen molar-refractivity contribution in [3.05, 3.63) is 24.0 Å². The maximum Gasteiger partial charge on any atom is 0.202 e. The second-order valence-electron chi connectivity index (χ2n) is 3.73. The van der Waals surface area contributed by atoms with E-state index in [1.807, 2.05) is 12.3 Å². The second kappa shape index (κ2) is 6.42. The summed E-state index contributed by atoms with van der Waals surface area (Å²) in [7, 11) is 1.68. The van der Waals surface area contributed by atoms with Crippen LogP contribution in [0.4, 0.5) is 5.13 Å². The van der Waals surface area contributed by atoms with E-state index in [0.717, 1.165) is 29.5 Å². The molecule has 6 heteroatoms. The summed E-state index contributed by atoms with van der Waals surface area (Å²) >= 11 is 1.37. The maximum absolute atomic E-state index is 4.98. The summed E-state index contributed by atoms with van der Waals surface area (Å²) in [6, 6.07) is 1.96. The van der Waals surface area contributed by atoms with Gasteiger partial charge in [-0.2, -0.15) is 9.36 Å². The smallest absolute Gasteiger partial charge is 0.202 e. The number of pyridine rings is 1. The van der Waals surface area contributed by atoms with Gasteiger partial charge in [0, 0.05) is 43.1 Å². The average molecular weight is 264 g/mol. The van der Waals surface area contributed by atoms with Crippen LogP contribution in [0.1, 0.15) is 12.5 Å². The minimum atomic E-state index is 0.657. The van der Waals surface area contributed by atoms with Crippen molar-refractivity contribution in [1.82, 2.24) is 14.3 Å². The van der Waals surface area contributed by atoms with E-state index in [2.05, 4.69) is 26.6 Å². The van der Waals surface area contributed by atoms with Crippen molar-refractivity contribution in [2.45, 2.75) is 13.3 Å². The van der Waals surface area contributed by atoms with Gasteiger partial charge in [-0.15, -0.1) is 0 Å². The average Bonchev–Trinajstić information content (AvgIpc) is 2.88. The van der Waals surface area contributed by atoms with Crippen LogP contribution < -0.4 is 5.32 Å². The Hall–Kier alpha value is -1.53. The van der Waals surface area contributed by atoms with Crippen molar-refractivity contribution < 1.29 is 4.74 Å². The van der Waals surface area contributed by atoms with Crippen molar-refractivity contribution in [3.8, 4) is 11.4 Å². The highest BCUT2D eigenvalue weighted by atomic mass is 32.1. The third-order valence-corrected chi connectivity index (χ3v) is 3.21. The minimum absolute atomic E-state index is 0.657. The molecule has 0 aliphatic heterocycles. The normalized spacial score (nSPS) is 10.6. The zero-order valence-electron chi connectivity index (χ0n) is 10.5. The molecule has 2 aromatic heterocycles. The van der Waals surface area contributed by atoms with Gasteiger partial charge in [0.1, 0.15) is 0 Å². The van der Waals surface area contributed by atoms with Gasteiger partial charge in [0.05, 0.1) is 6.61 Å². The highest BCUT2D eigenvalue weighted by Gasteiger charge is 2.09. The SMILES string of the molecule is CCc1cnccc1-c1nsc(NCCOC)n1. The van der Waals surface area contributed by atoms with Crippen LogP contribution in [0.15, 0.2) is 18.5 Å². The van der Waals surface area contributed by atoms with Gasteiger partial charge in [0.15, 0.2) is 5.82 Å². The Bertz CT molecular complexity index is 500. The molecule has 0 fully saturated rings. The Balaban J connectivity index is 2.13. The van der Waals surface area contributed by atoms with Crippen LogP contribution in [-0.2, 0) is 11.2 Å². The summed E-state index contributed by atoms with van der Waals surface area (Å²) < 4.78 is 9.35. The number of methoxy groups -OCH3 is 1. The Morgan fingerprint density at radius 1 is 1.44 bits per heavy atom. The van der Waals surface area contributed by atoms with Gasteiger partial charge in [-0.25, -0.2) is 0 Å². The summed E-state index contributed by atoms with van der Waals surface area (Å²) in [4.78, 5) is 8.60. The molecular formula is C12H16N4OS. The monoisotopic (exact) mass is 264 g/mol. The molecule has 96 valence electrons. The molecule has 2 heterocycles. The fourth-order valence-corrected chi connectivity index (χ4v) is 2.20. The maximum atomic E-state index is 4.98. The number of anilines is 1. The number of hydrogen-bond acceptors (Lipinski definition) is 6. The zero-order chi connectivity index (χ0) is 12.8. The summed E-state index contributed by atoms with van der Waals surface area (Å²) in [5.74, 6) is 0.763. The molecule has 18 heavy (non-hydrogen) atoms. The Labute approximate surface area is 110 Å². The van der Waals surface area contributed by atoms with E-state index in [4.69, 9.17) is 4.74 Å². The molecule has 0 amide bonds. The van der Waals surface area contributed by atoms with Crippen LogP contribution in [0.3, 0.4) is 0 Å². The number of hydrogen-bond donors (Lipinski definition) is 1. The molecule has 0 spiro atoms. The standard InChI is InChI=1S/C12H16N4OS/c1-3-9-8-13-5-4-10(9)11-15-12(18-16-11)14-6-7-17-2/h4-5,8H,3,6-7H2,1-2H3,(H,14,15,16). The van der Waals surface area contributed by atoms with Gasteiger partial charge < -0.3 is 10.1 Å². The van der Waals surface area contributed by atoms with Gasteiger partial charge in [-0.05, 0) is 18.1 Å². The molecule has 0 aromatic carbocycles. The predicted octanol–water partition coefficient (Wildman–Crippen LogP) is 2.22. The van der Waals surface area contributed by atoms with E-state index in [-0.39, 0.29) is 0 Å².